The van der Waals surface area contributed by atoms with Crippen molar-refractivity contribution in [2.75, 3.05) is 31.1 Å². The second-order valence-corrected chi connectivity index (χ2v) is 7.51. The molecular weight excluding hydrogens is 328 g/mol. The third-order valence-corrected chi connectivity index (χ3v) is 6.11. The average molecular weight is 355 g/mol. The Labute approximate surface area is 155 Å². The summed E-state index contributed by atoms with van der Waals surface area (Å²) in [5.41, 5.74) is 2.28. The fraction of sp³-hybridized carbons (Fsp3) is 0.381. The molecule has 2 aromatic rings. The van der Waals surface area contributed by atoms with E-state index in [1.165, 1.54) is 10.5 Å². The lowest BCUT2D eigenvalue weighted by atomic mass is 10.1. The van der Waals surface area contributed by atoms with Gasteiger partial charge in [0.25, 0.3) is 0 Å². The van der Waals surface area contributed by atoms with Crippen LogP contribution in [0.1, 0.15) is 31.1 Å². The van der Waals surface area contributed by atoms with Crippen molar-refractivity contribution < 1.29 is 4.79 Å². The molecule has 4 heteroatoms. The van der Waals surface area contributed by atoms with Crippen molar-refractivity contribution in [3.63, 3.8) is 0 Å². The molecule has 1 aliphatic heterocycles. The molecule has 3 rings (SSSR count). The Morgan fingerprint density at radius 3 is 2.44 bits per heavy atom. The van der Waals surface area contributed by atoms with E-state index in [4.69, 9.17) is 0 Å². The molecule has 0 unspecified atom stereocenters. The summed E-state index contributed by atoms with van der Waals surface area (Å²) in [6, 6.07) is 18.7. The lowest BCUT2D eigenvalue weighted by Gasteiger charge is -2.26. The average Bonchev–Trinajstić information content (AvgIpc) is 2.80. The maximum absolute atomic E-state index is 13.0. The Morgan fingerprint density at radius 2 is 1.72 bits per heavy atom. The van der Waals surface area contributed by atoms with E-state index in [-0.39, 0.29) is 11.2 Å². The fourth-order valence-corrected chi connectivity index (χ4v) is 4.54. The summed E-state index contributed by atoms with van der Waals surface area (Å²) in [5.74, 6) is 0.221. The van der Waals surface area contributed by atoms with Crippen molar-refractivity contribution in [1.29, 1.82) is 0 Å². The van der Waals surface area contributed by atoms with E-state index in [0.29, 0.717) is 6.42 Å². The van der Waals surface area contributed by atoms with Crippen molar-refractivity contribution in [3.8, 4) is 0 Å². The van der Waals surface area contributed by atoms with Gasteiger partial charge in [0.2, 0.25) is 5.91 Å². The SMILES string of the molecule is CCN(CC)CCN1C(=O)C[C@H](c2ccccc2)Sc2ccccc21. The molecule has 0 radical (unpaired) electrons. The molecule has 0 aliphatic carbocycles. The number of hydrogen-bond acceptors (Lipinski definition) is 3. The molecule has 132 valence electrons. The standard InChI is InChI=1S/C21H26N2OS/c1-3-22(4-2)14-15-23-18-12-8-9-13-19(18)25-20(16-21(23)24)17-10-6-5-7-11-17/h5-13,20H,3-4,14-16H2,1-2H3/t20-/m1/s1. The lowest BCUT2D eigenvalue weighted by molar-refractivity contribution is -0.118. The molecule has 0 fully saturated rings. The summed E-state index contributed by atoms with van der Waals surface area (Å²) in [6.45, 7) is 8.03. The van der Waals surface area contributed by atoms with Crippen LogP contribution in [-0.4, -0.2) is 37.0 Å². The van der Waals surface area contributed by atoms with Gasteiger partial charge in [0.15, 0.2) is 0 Å². The van der Waals surface area contributed by atoms with Crippen LogP contribution < -0.4 is 4.90 Å². The molecule has 25 heavy (non-hydrogen) atoms. The Morgan fingerprint density at radius 1 is 1.04 bits per heavy atom. The van der Waals surface area contributed by atoms with Gasteiger partial charge in [-0.1, -0.05) is 56.3 Å². The molecule has 0 N–H and O–H groups in total. The van der Waals surface area contributed by atoms with Crippen LogP contribution in [0.2, 0.25) is 0 Å². The maximum atomic E-state index is 13.0. The molecule has 3 nitrogen and oxygen atoms in total. The Bertz CT molecular complexity index is 700. The third kappa shape index (κ3) is 4.25. The van der Waals surface area contributed by atoms with E-state index in [0.717, 1.165) is 31.9 Å². The van der Waals surface area contributed by atoms with E-state index in [9.17, 15) is 4.79 Å². The van der Waals surface area contributed by atoms with Crippen molar-refractivity contribution in [3.05, 3.63) is 60.2 Å². The quantitative estimate of drug-likeness (QED) is 0.757. The first-order chi connectivity index (χ1) is 12.2. The topological polar surface area (TPSA) is 23.6 Å². The van der Waals surface area contributed by atoms with Gasteiger partial charge in [-0.15, -0.1) is 11.8 Å². The Kier molecular flexibility index (Phi) is 6.16. The first-order valence-corrected chi connectivity index (χ1v) is 9.94. The van der Waals surface area contributed by atoms with Crippen LogP contribution in [0.4, 0.5) is 5.69 Å². The number of anilines is 1. The smallest absolute Gasteiger partial charge is 0.228 e. The Hall–Kier alpha value is -1.78. The number of hydrogen-bond donors (Lipinski definition) is 0. The van der Waals surface area contributed by atoms with Crippen molar-refractivity contribution in [1.82, 2.24) is 4.90 Å². The van der Waals surface area contributed by atoms with E-state index in [1.807, 2.05) is 28.8 Å². The molecule has 1 atom stereocenters. The third-order valence-electron chi connectivity index (χ3n) is 4.79. The van der Waals surface area contributed by atoms with Crippen LogP contribution >= 0.6 is 11.8 Å². The van der Waals surface area contributed by atoms with Crippen LogP contribution in [0, 0.1) is 0 Å². The summed E-state index contributed by atoms with van der Waals surface area (Å²) in [5, 5.41) is 0.174. The summed E-state index contributed by atoms with van der Waals surface area (Å²) in [4.78, 5) is 18.6. The van der Waals surface area contributed by atoms with Crippen molar-refractivity contribution in [2.24, 2.45) is 0 Å². The number of benzene rings is 2. The second-order valence-electron chi connectivity index (χ2n) is 6.26. The minimum atomic E-state index is 0.174. The van der Waals surface area contributed by atoms with E-state index < -0.39 is 0 Å². The highest BCUT2D eigenvalue weighted by Gasteiger charge is 2.29. The van der Waals surface area contributed by atoms with Crippen LogP contribution in [0.3, 0.4) is 0 Å². The summed E-state index contributed by atoms with van der Waals surface area (Å²) in [7, 11) is 0. The predicted molar refractivity (Wildman–Crippen MR) is 106 cm³/mol. The first kappa shape index (κ1) is 18.0. The van der Waals surface area contributed by atoms with Crippen molar-refractivity contribution >= 4 is 23.4 Å². The highest BCUT2D eigenvalue weighted by atomic mass is 32.2. The molecule has 0 spiro atoms. The zero-order valence-corrected chi connectivity index (χ0v) is 15.8. The number of carbonyl (C=O) groups is 1. The number of nitrogens with zero attached hydrogens (tertiary/aromatic N) is 2. The van der Waals surface area contributed by atoms with Gasteiger partial charge in [-0.25, -0.2) is 0 Å². The number of fused-ring (bicyclic) bond motifs is 1. The zero-order chi connectivity index (χ0) is 17.6. The molecule has 0 saturated heterocycles. The number of likely N-dealkylation sites (N-methyl/N-ethyl adjacent to an activating group) is 1. The summed E-state index contributed by atoms with van der Waals surface area (Å²) >= 11 is 1.81. The summed E-state index contributed by atoms with van der Waals surface area (Å²) in [6.07, 6.45) is 0.543. The Balaban J connectivity index is 1.87. The number of amides is 1. The molecule has 2 aromatic carbocycles. The number of para-hydroxylation sites is 1. The predicted octanol–water partition coefficient (Wildman–Crippen LogP) is 4.60. The molecule has 0 aromatic heterocycles. The number of carbonyl (C=O) groups excluding carboxylic acids is 1. The lowest BCUT2D eigenvalue weighted by Crippen LogP contribution is -2.38. The van der Waals surface area contributed by atoms with Gasteiger partial charge in [-0.2, -0.15) is 0 Å². The van der Waals surface area contributed by atoms with Gasteiger partial charge in [-0.05, 0) is 30.8 Å². The molecule has 0 bridgehead atoms. The van der Waals surface area contributed by atoms with Gasteiger partial charge < -0.3 is 9.80 Å². The highest BCUT2D eigenvalue weighted by molar-refractivity contribution is 7.99. The van der Waals surface area contributed by atoms with Crippen molar-refractivity contribution in [2.45, 2.75) is 30.4 Å². The van der Waals surface area contributed by atoms with Crippen LogP contribution in [0.5, 0.6) is 0 Å². The number of rotatable bonds is 6. The normalized spacial score (nSPS) is 17.5. The highest BCUT2D eigenvalue weighted by Crippen LogP contribution is 2.45. The van der Waals surface area contributed by atoms with Gasteiger partial charge in [0.05, 0.1) is 5.69 Å². The van der Waals surface area contributed by atoms with Gasteiger partial charge >= 0.3 is 0 Å². The molecule has 1 aliphatic rings. The monoisotopic (exact) mass is 354 g/mol. The molecular formula is C21H26N2OS. The maximum Gasteiger partial charge on any atom is 0.228 e. The summed E-state index contributed by atoms with van der Waals surface area (Å²) < 4.78 is 0. The fourth-order valence-electron chi connectivity index (χ4n) is 3.26. The van der Waals surface area contributed by atoms with Gasteiger partial charge in [0.1, 0.15) is 0 Å². The molecule has 1 amide bonds. The number of thioether (sulfide) groups is 1. The largest absolute Gasteiger partial charge is 0.310 e. The molecule has 0 saturated carbocycles. The van der Waals surface area contributed by atoms with Crippen LogP contribution in [0.15, 0.2) is 59.5 Å². The van der Waals surface area contributed by atoms with Gasteiger partial charge in [0, 0.05) is 29.7 Å². The molecule has 1 heterocycles. The second kappa shape index (κ2) is 8.54. The minimum Gasteiger partial charge on any atom is -0.310 e. The van der Waals surface area contributed by atoms with E-state index in [2.05, 4.69) is 61.2 Å². The van der Waals surface area contributed by atoms with Crippen LogP contribution in [0.25, 0.3) is 0 Å². The minimum absolute atomic E-state index is 0.174. The van der Waals surface area contributed by atoms with Crippen LogP contribution in [-0.2, 0) is 4.79 Å². The van der Waals surface area contributed by atoms with E-state index in [1.54, 1.807) is 0 Å². The first-order valence-electron chi connectivity index (χ1n) is 9.06. The van der Waals surface area contributed by atoms with E-state index >= 15 is 0 Å². The zero-order valence-electron chi connectivity index (χ0n) is 15.0. The van der Waals surface area contributed by atoms with Gasteiger partial charge in [-0.3, -0.25) is 4.79 Å².